The molecule has 2 aromatic carbocycles. The lowest BCUT2D eigenvalue weighted by atomic mass is 10.1. The molecule has 8 nitrogen and oxygen atoms in total. The molecule has 0 aliphatic heterocycles. The Morgan fingerprint density at radius 3 is 2.53 bits per heavy atom. The van der Waals surface area contributed by atoms with Crippen LogP contribution in [0.5, 0.6) is 5.75 Å². The molecule has 0 saturated carbocycles. The van der Waals surface area contributed by atoms with Gasteiger partial charge in [0.15, 0.2) is 11.0 Å². The minimum atomic E-state index is -0.176. The van der Waals surface area contributed by atoms with Gasteiger partial charge in [0, 0.05) is 7.05 Å². The molecule has 3 aromatic rings. The average molecular weight is 426 g/mol. The molecular weight excluding hydrogens is 402 g/mol. The van der Waals surface area contributed by atoms with E-state index in [1.165, 1.54) is 11.8 Å². The van der Waals surface area contributed by atoms with Crippen LogP contribution in [-0.2, 0) is 29.6 Å². The third kappa shape index (κ3) is 5.84. The van der Waals surface area contributed by atoms with E-state index in [4.69, 9.17) is 4.74 Å². The van der Waals surface area contributed by atoms with Gasteiger partial charge < -0.3 is 19.9 Å². The quantitative estimate of drug-likeness (QED) is 0.511. The summed E-state index contributed by atoms with van der Waals surface area (Å²) in [6.45, 7) is 0.267. The maximum Gasteiger partial charge on any atom is 0.234 e. The summed E-state index contributed by atoms with van der Waals surface area (Å²) in [5, 5.41) is 14.5. The predicted octanol–water partition coefficient (Wildman–Crippen LogP) is 2.41. The van der Waals surface area contributed by atoms with Crippen molar-refractivity contribution in [1.82, 2.24) is 20.1 Å². The van der Waals surface area contributed by atoms with Gasteiger partial charge in [0.05, 0.1) is 31.5 Å². The van der Waals surface area contributed by atoms with Crippen LogP contribution >= 0.6 is 11.8 Å². The zero-order valence-electron chi connectivity index (χ0n) is 16.8. The first-order chi connectivity index (χ1) is 14.6. The number of hydrogen-bond acceptors (Lipinski definition) is 6. The number of thioether (sulfide) groups is 1. The Hall–Kier alpha value is -3.33. The Morgan fingerprint density at radius 2 is 1.77 bits per heavy atom. The van der Waals surface area contributed by atoms with Crippen molar-refractivity contribution < 1.29 is 14.3 Å². The number of amides is 2. The van der Waals surface area contributed by atoms with Crippen LogP contribution in [0, 0.1) is 0 Å². The number of hydrogen-bond donors (Lipinski definition) is 2. The topological polar surface area (TPSA) is 98.1 Å². The minimum Gasteiger partial charge on any atom is -0.495 e. The van der Waals surface area contributed by atoms with E-state index in [9.17, 15) is 9.59 Å². The van der Waals surface area contributed by atoms with E-state index in [0.29, 0.717) is 28.8 Å². The number of methoxy groups -OCH3 is 1. The number of nitrogens with zero attached hydrogens (tertiary/aromatic N) is 3. The summed E-state index contributed by atoms with van der Waals surface area (Å²) in [5.74, 6) is 1.12. The first-order valence-corrected chi connectivity index (χ1v) is 10.3. The van der Waals surface area contributed by atoms with Gasteiger partial charge in [-0.05, 0) is 17.7 Å². The van der Waals surface area contributed by atoms with Gasteiger partial charge in [-0.2, -0.15) is 0 Å². The highest BCUT2D eigenvalue weighted by Gasteiger charge is 2.13. The van der Waals surface area contributed by atoms with Crippen molar-refractivity contribution in [2.75, 3.05) is 18.2 Å². The molecule has 30 heavy (non-hydrogen) atoms. The maximum absolute atomic E-state index is 12.3. The molecule has 1 heterocycles. The summed E-state index contributed by atoms with van der Waals surface area (Å²) in [4.78, 5) is 24.4. The highest BCUT2D eigenvalue weighted by molar-refractivity contribution is 7.99. The van der Waals surface area contributed by atoms with E-state index < -0.39 is 0 Å². The number of ether oxygens (including phenoxy) is 1. The second-order valence-corrected chi connectivity index (χ2v) is 7.38. The molecule has 0 aliphatic rings. The van der Waals surface area contributed by atoms with Crippen molar-refractivity contribution in [1.29, 1.82) is 0 Å². The van der Waals surface area contributed by atoms with Gasteiger partial charge in [-0.3, -0.25) is 9.59 Å². The van der Waals surface area contributed by atoms with E-state index in [1.807, 2.05) is 42.5 Å². The van der Waals surface area contributed by atoms with Crippen LogP contribution in [0.25, 0.3) is 0 Å². The SMILES string of the molecule is COc1ccccc1NC(=O)CSc1nnc(CNC(=O)Cc2ccccc2)n1C. The van der Waals surface area contributed by atoms with Crippen molar-refractivity contribution in [3.05, 3.63) is 66.0 Å². The third-order valence-electron chi connectivity index (χ3n) is 4.29. The number of benzene rings is 2. The lowest BCUT2D eigenvalue weighted by molar-refractivity contribution is -0.120. The molecule has 0 radical (unpaired) electrons. The summed E-state index contributed by atoms with van der Waals surface area (Å²) in [5.41, 5.74) is 1.57. The number of carbonyl (C=O) groups is 2. The summed E-state index contributed by atoms with van der Waals surface area (Å²) >= 11 is 1.27. The van der Waals surface area contributed by atoms with Crippen molar-refractivity contribution in [3.63, 3.8) is 0 Å². The number of para-hydroxylation sites is 2. The molecule has 0 fully saturated rings. The van der Waals surface area contributed by atoms with Crippen LogP contribution in [0.1, 0.15) is 11.4 Å². The molecule has 156 valence electrons. The number of carbonyl (C=O) groups excluding carboxylic acids is 2. The Balaban J connectivity index is 1.49. The fraction of sp³-hybridized carbons (Fsp3) is 0.238. The van der Waals surface area contributed by atoms with Crippen LogP contribution in [0.3, 0.4) is 0 Å². The first-order valence-electron chi connectivity index (χ1n) is 9.31. The summed E-state index contributed by atoms with van der Waals surface area (Å²) in [6, 6.07) is 16.8. The Bertz CT molecular complexity index is 1010. The molecular formula is C21H23N5O3S. The minimum absolute atomic E-state index is 0.0883. The normalized spacial score (nSPS) is 10.5. The largest absolute Gasteiger partial charge is 0.495 e. The third-order valence-corrected chi connectivity index (χ3v) is 5.31. The van der Waals surface area contributed by atoms with Crippen molar-refractivity contribution in [2.24, 2.45) is 7.05 Å². The van der Waals surface area contributed by atoms with Gasteiger partial charge in [-0.1, -0.05) is 54.2 Å². The molecule has 0 saturated heterocycles. The second kappa shape index (κ2) is 10.4. The molecule has 0 unspecified atom stereocenters. The molecule has 0 bridgehead atoms. The van der Waals surface area contributed by atoms with Crippen LogP contribution in [-0.4, -0.2) is 39.4 Å². The van der Waals surface area contributed by atoms with E-state index in [0.717, 1.165) is 5.56 Å². The van der Waals surface area contributed by atoms with Crippen LogP contribution in [0.15, 0.2) is 59.8 Å². The highest BCUT2D eigenvalue weighted by atomic mass is 32.2. The van der Waals surface area contributed by atoms with Gasteiger partial charge in [-0.15, -0.1) is 10.2 Å². The Kier molecular flexibility index (Phi) is 7.45. The lowest BCUT2D eigenvalue weighted by Crippen LogP contribution is -2.26. The molecule has 2 amide bonds. The van der Waals surface area contributed by atoms with E-state index in [-0.39, 0.29) is 24.1 Å². The molecule has 0 aliphatic carbocycles. The van der Waals surface area contributed by atoms with Gasteiger partial charge >= 0.3 is 0 Å². The number of anilines is 1. The molecule has 9 heteroatoms. The second-order valence-electron chi connectivity index (χ2n) is 6.43. The molecule has 2 N–H and O–H groups in total. The van der Waals surface area contributed by atoms with Crippen molar-refractivity contribution in [2.45, 2.75) is 18.1 Å². The zero-order valence-corrected chi connectivity index (χ0v) is 17.6. The molecule has 0 atom stereocenters. The number of rotatable bonds is 9. The fourth-order valence-corrected chi connectivity index (χ4v) is 3.44. The molecule has 0 spiro atoms. The highest BCUT2D eigenvalue weighted by Crippen LogP contribution is 2.23. The Labute approximate surface area is 179 Å². The lowest BCUT2D eigenvalue weighted by Gasteiger charge is -2.09. The van der Waals surface area contributed by atoms with Gasteiger partial charge in [0.25, 0.3) is 0 Å². The van der Waals surface area contributed by atoms with Crippen molar-refractivity contribution in [3.8, 4) is 5.75 Å². The Morgan fingerprint density at radius 1 is 1.03 bits per heavy atom. The van der Waals surface area contributed by atoms with Gasteiger partial charge in [0.1, 0.15) is 5.75 Å². The first kappa shape index (κ1) is 21.4. The number of aromatic nitrogens is 3. The van der Waals surface area contributed by atoms with Crippen molar-refractivity contribution >= 4 is 29.3 Å². The van der Waals surface area contributed by atoms with Crippen LogP contribution in [0.4, 0.5) is 5.69 Å². The fourth-order valence-electron chi connectivity index (χ4n) is 2.71. The average Bonchev–Trinajstić information content (AvgIpc) is 3.11. The predicted molar refractivity (Wildman–Crippen MR) is 115 cm³/mol. The standard InChI is InChI=1S/C21H23N5O3S/c1-26-18(13-22-19(27)12-15-8-4-3-5-9-15)24-25-21(26)30-14-20(28)23-16-10-6-7-11-17(16)29-2/h3-11H,12-14H2,1-2H3,(H,22,27)(H,23,28). The summed E-state index contributed by atoms with van der Waals surface area (Å²) in [7, 11) is 3.36. The van der Waals surface area contributed by atoms with Gasteiger partial charge in [0.2, 0.25) is 11.8 Å². The molecule has 3 rings (SSSR count). The summed E-state index contributed by atoms with van der Waals surface area (Å²) in [6.07, 6.45) is 0.309. The van der Waals surface area contributed by atoms with Gasteiger partial charge in [-0.25, -0.2) is 0 Å². The zero-order chi connectivity index (χ0) is 21.3. The smallest absolute Gasteiger partial charge is 0.234 e. The molecule has 1 aromatic heterocycles. The van der Waals surface area contributed by atoms with E-state index in [1.54, 1.807) is 30.9 Å². The van der Waals surface area contributed by atoms with Crippen LogP contribution < -0.4 is 15.4 Å². The monoisotopic (exact) mass is 425 g/mol. The summed E-state index contributed by atoms with van der Waals surface area (Å²) < 4.78 is 7.00. The van der Waals surface area contributed by atoms with E-state index in [2.05, 4.69) is 20.8 Å². The maximum atomic E-state index is 12.3. The van der Waals surface area contributed by atoms with Crippen LogP contribution in [0.2, 0.25) is 0 Å². The number of nitrogens with one attached hydrogen (secondary N) is 2. The van der Waals surface area contributed by atoms with E-state index >= 15 is 0 Å².